The topological polar surface area (TPSA) is 95.6 Å². The van der Waals surface area contributed by atoms with E-state index in [0.29, 0.717) is 42.1 Å². The van der Waals surface area contributed by atoms with Crippen molar-refractivity contribution in [2.24, 2.45) is 0 Å². The maximum atomic E-state index is 13.2. The fourth-order valence-electron chi connectivity index (χ4n) is 4.49. The second-order valence-electron chi connectivity index (χ2n) is 9.50. The third kappa shape index (κ3) is 7.74. The number of likely N-dealkylation sites (tertiary alicyclic amines) is 1. The normalized spacial score (nSPS) is 15.1. The second-order valence-corrected chi connectivity index (χ2v) is 12.5. The minimum absolute atomic E-state index is 0.0333. The highest BCUT2D eigenvalue weighted by molar-refractivity contribution is 7.89. The Morgan fingerprint density at radius 1 is 0.949 bits per heavy atom. The van der Waals surface area contributed by atoms with Crippen molar-refractivity contribution in [3.05, 3.63) is 98.5 Å². The first-order valence-electron chi connectivity index (χ1n) is 12.4. The van der Waals surface area contributed by atoms with Gasteiger partial charge < -0.3 is 10.2 Å². The summed E-state index contributed by atoms with van der Waals surface area (Å²) in [4.78, 5) is 27.6. The second kappa shape index (κ2) is 12.7. The Hall–Kier alpha value is -2.62. The SMILES string of the molecule is Cc1ccc(C(=O)N2CCC(NC(=O)CC(NS(=O)(=O)c3cc(Cl)cc(Cl)c3)c3ccccc3Cl)CC2)cc1. The van der Waals surface area contributed by atoms with Crippen molar-refractivity contribution >= 4 is 56.6 Å². The van der Waals surface area contributed by atoms with Crippen LogP contribution in [0.25, 0.3) is 0 Å². The predicted octanol–water partition coefficient (Wildman–Crippen LogP) is 5.79. The molecular formula is C28H28Cl3N3O4S. The van der Waals surface area contributed by atoms with Crippen molar-refractivity contribution in [3.63, 3.8) is 0 Å². The summed E-state index contributed by atoms with van der Waals surface area (Å²) in [5.41, 5.74) is 2.19. The van der Waals surface area contributed by atoms with Gasteiger partial charge in [0.05, 0.1) is 10.9 Å². The average molecular weight is 609 g/mol. The summed E-state index contributed by atoms with van der Waals surface area (Å²) in [7, 11) is -4.10. The number of sulfonamides is 1. The largest absolute Gasteiger partial charge is 0.353 e. The summed E-state index contributed by atoms with van der Waals surface area (Å²) in [6, 6.07) is 17.1. The van der Waals surface area contributed by atoms with Gasteiger partial charge in [0, 0.05) is 46.2 Å². The lowest BCUT2D eigenvalue weighted by Crippen LogP contribution is -2.47. The van der Waals surface area contributed by atoms with Gasteiger partial charge in [0.15, 0.2) is 0 Å². The molecule has 1 aliphatic heterocycles. The molecule has 206 valence electrons. The van der Waals surface area contributed by atoms with Gasteiger partial charge in [0.2, 0.25) is 15.9 Å². The quantitative estimate of drug-likeness (QED) is 0.339. The average Bonchev–Trinajstić information content (AvgIpc) is 2.88. The van der Waals surface area contributed by atoms with Crippen LogP contribution in [0.3, 0.4) is 0 Å². The number of hydrogen-bond donors (Lipinski definition) is 2. The number of nitrogens with zero attached hydrogens (tertiary/aromatic N) is 1. The van der Waals surface area contributed by atoms with Crippen LogP contribution in [0.1, 0.15) is 46.8 Å². The van der Waals surface area contributed by atoms with Gasteiger partial charge in [-0.25, -0.2) is 13.1 Å². The zero-order valence-electron chi connectivity index (χ0n) is 21.2. The highest BCUT2D eigenvalue weighted by Crippen LogP contribution is 2.29. The minimum atomic E-state index is -4.10. The Morgan fingerprint density at radius 3 is 2.18 bits per heavy atom. The Bertz CT molecular complexity index is 1440. The first-order valence-corrected chi connectivity index (χ1v) is 15.0. The molecule has 0 radical (unpaired) electrons. The smallest absolute Gasteiger partial charge is 0.253 e. The number of benzene rings is 3. The molecule has 1 atom stereocenters. The summed E-state index contributed by atoms with van der Waals surface area (Å²) in [6.07, 6.45) is 0.999. The van der Waals surface area contributed by atoms with Gasteiger partial charge in [-0.05, 0) is 61.7 Å². The van der Waals surface area contributed by atoms with Crippen molar-refractivity contribution in [2.75, 3.05) is 13.1 Å². The molecule has 1 saturated heterocycles. The van der Waals surface area contributed by atoms with Crippen LogP contribution in [-0.2, 0) is 14.8 Å². The number of halogens is 3. The van der Waals surface area contributed by atoms with Crippen LogP contribution in [0.15, 0.2) is 71.6 Å². The number of amides is 2. The first-order chi connectivity index (χ1) is 18.5. The van der Waals surface area contributed by atoms with Crippen LogP contribution >= 0.6 is 34.8 Å². The van der Waals surface area contributed by atoms with Gasteiger partial charge >= 0.3 is 0 Å². The molecule has 2 N–H and O–H groups in total. The lowest BCUT2D eigenvalue weighted by Gasteiger charge is -2.33. The molecule has 11 heteroatoms. The summed E-state index contributed by atoms with van der Waals surface area (Å²) in [5, 5.41) is 3.65. The molecule has 1 heterocycles. The monoisotopic (exact) mass is 607 g/mol. The van der Waals surface area contributed by atoms with E-state index in [9.17, 15) is 18.0 Å². The number of nitrogens with one attached hydrogen (secondary N) is 2. The van der Waals surface area contributed by atoms with E-state index >= 15 is 0 Å². The molecule has 0 spiro atoms. The lowest BCUT2D eigenvalue weighted by molar-refractivity contribution is -0.122. The molecule has 7 nitrogen and oxygen atoms in total. The van der Waals surface area contributed by atoms with E-state index in [0.717, 1.165) is 5.56 Å². The van der Waals surface area contributed by atoms with Gasteiger partial charge in [0.1, 0.15) is 0 Å². The molecule has 1 fully saturated rings. The van der Waals surface area contributed by atoms with E-state index in [2.05, 4.69) is 10.0 Å². The van der Waals surface area contributed by atoms with Crippen LogP contribution in [0.5, 0.6) is 0 Å². The molecule has 39 heavy (non-hydrogen) atoms. The lowest BCUT2D eigenvalue weighted by atomic mass is 10.0. The molecule has 0 aromatic heterocycles. The van der Waals surface area contributed by atoms with Gasteiger partial charge in [-0.2, -0.15) is 0 Å². The fourth-order valence-corrected chi connectivity index (χ4v) is 6.70. The molecule has 2 amide bonds. The van der Waals surface area contributed by atoms with Crippen LogP contribution in [0.4, 0.5) is 0 Å². The Balaban J connectivity index is 1.42. The summed E-state index contributed by atoms with van der Waals surface area (Å²) >= 11 is 18.4. The highest BCUT2D eigenvalue weighted by atomic mass is 35.5. The summed E-state index contributed by atoms with van der Waals surface area (Å²) in [5.74, 6) is -0.371. The van der Waals surface area contributed by atoms with E-state index in [1.165, 1.54) is 18.2 Å². The Kier molecular flexibility index (Phi) is 9.56. The molecule has 4 rings (SSSR count). The third-order valence-electron chi connectivity index (χ3n) is 6.56. The maximum Gasteiger partial charge on any atom is 0.253 e. The zero-order chi connectivity index (χ0) is 28.2. The third-order valence-corrected chi connectivity index (χ3v) is 8.79. The van der Waals surface area contributed by atoms with E-state index in [4.69, 9.17) is 34.8 Å². The van der Waals surface area contributed by atoms with E-state index in [1.807, 2.05) is 31.2 Å². The molecule has 0 saturated carbocycles. The fraction of sp³-hybridized carbons (Fsp3) is 0.286. The van der Waals surface area contributed by atoms with Crippen LogP contribution < -0.4 is 10.0 Å². The molecule has 1 aliphatic rings. The molecule has 0 bridgehead atoms. The molecule has 0 aliphatic carbocycles. The molecule has 3 aromatic rings. The molecule has 1 unspecified atom stereocenters. The highest BCUT2D eigenvalue weighted by Gasteiger charge is 2.28. The molecular weight excluding hydrogens is 581 g/mol. The van der Waals surface area contributed by atoms with Gasteiger partial charge in [-0.1, -0.05) is 70.7 Å². The van der Waals surface area contributed by atoms with Crippen molar-refractivity contribution in [1.82, 2.24) is 14.9 Å². The van der Waals surface area contributed by atoms with Crippen LogP contribution in [-0.4, -0.2) is 44.3 Å². The van der Waals surface area contributed by atoms with E-state index in [1.54, 1.807) is 29.2 Å². The zero-order valence-corrected chi connectivity index (χ0v) is 24.2. The van der Waals surface area contributed by atoms with Crippen molar-refractivity contribution < 1.29 is 18.0 Å². The number of hydrogen-bond acceptors (Lipinski definition) is 4. The number of carbonyl (C=O) groups excluding carboxylic acids is 2. The first kappa shape index (κ1) is 29.4. The number of rotatable bonds is 8. The summed E-state index contributed by atoms with van der Waals surface area (Å²) in [6.45, 7) is 2.98. The van der Waals surface area contributed by atoms with E-state index in [-0.39, 0.29) is 39.2 Å². The van der Waals surface area contributed by atoms with E-state index < -0.39 is 16.1 Å². The standard InChI is InChI=1S/C28H28Cl3N3O4S/c1-18-6-8-19(9-7-18)28(36)34-12-10-22(11-13-34)32-27(35)17-26(24-4-2-3-5-25(24)31)33-39(37,38)23-15-20(29)14-21(30)16-23/h2-9,14-16,22,26,33H,10-13,17H2,1H3,(H,32,35). The minimum Gasteiger partial charge on any atom is -0.353 e. The van der Waals surface area contributed by atoms with Crippen molar-refractivity contribution in [2.45, 2.75) is 43.2 Å². The number of piperidine rings is 1. The van der Waals surface area contributed by atoms with Gasteiger partial charge in [0.25, 0.3) is 5.91 Å². The summed E-state index contributed by atoms with van der Waals surface area (Å²) < 4.78 is 29.0. The van der Waals surface area contributed by atoms with Crippen LogP contribution in [0, 0.1) is 6.92 Å². The maximum absolute atomic E-state index is 13.2. The predicted molar refractivity (Wildman–Crippen MR) is 154 cm³/mol. The van der Waals surface area contributed by atoms with Gasteiger partial charge in [-0.3, -0.25) is 9.59 Å². The van der Waals surface area contributed by atoms with Crippen molar-refractivity contribution in [3.8, 4) is 0 Å². The van der Waals surface area contributed by atoms with Crippen molar-refractivity contribution in [1.29, 1.82) is 0 Å². The number of aryl methyl sites for hydroxylation is 1. The van der Waals surface area contributed by atoms with Crippen LogP contribution in [0.2, 0.25) is 15.1 Å². The van der Waals surface area contributed by atoms with Gasteiger partial charge in [-0.15, -0.1) is 0 Å². The Morgan fingerprint density at radius 2 is 1.56 bits per heavy atom. The number of carbonyl (C=O) groups is 2. The molecule has 3 aromatic carbocycles. The Labute approximate surface area is 243 Å².